The Morgan fingerprint density at radius 2 is 2.15 bits per heavy atom. The van der Waals surface area contributed by atoms with Crippen molar-refractivity contribution in [1.82, 2.24) is 10.2 Å². The molecule has 1 rings (SSSR count). The van der Waals surface area contributed by atoms with E-state index in [0.29, 0.717) is 12.6 Å². The van der Waals surface area contributed by atoms with E-state index in [4.69, 9.17) is 0 Å². The van der Waals surface area contributed by atoms with Crippen molar-refractivity contribution in [3.05, 3.63) is 0 Å². The maximum atomic E-state index is 11.5. The fourth-order valence-corrected chi connectivity index (χ4v) is 1.72. The van der Waals surface area contributed by atoms with Crippen molar-refractivity contribution < 1.29 is 4.79 Å². The van der Waals surface area contributed by atoms with Crippen LogP contribution in [-0.4, -0.2) is 41.2 Å². The zero-order valence-corrected chi connectivity index (χ0v) is 9.34. The Bertz CT molecular complexity index is 194. The average molecular weight is 202 g/mol. The molecule has 0 aliphatic carbocycles. The summed E-state index contributed by atoms with van der Waals surface area (Å²) in [7, 11) is 0. The number of nitrogens with one attached hydrogen (secondary N) is 1. The van der Waals surface area contributed by atoms with Gasteiger partial charge in [-0.05, 0) is 6.92 Å². The zero-order valence-electron chi connectivity index (χ0n) is 8.45. The third-order valence-electron chi connectivity index (χ3n) is 2.23. The van der Waals surface area contributed by atoms with Crippen molar-refractivity contribution in [2.24, 2.45) is 0 Å². The molecule has 1 aliphatic rings. The van der Waals surface area contributed by atoms with Gasteiger partial charge >= 0.3 is 0 Å². The molecule has 2 unspecified atom stereocenters. The Balaban J connectivity index is 2.47. The number of hydrogen-bond acceptors (Lipinski definition) is 4. The molecule has 2 atom stereocenters. The van der Waals surface area contributed by atoms with E-state index in [-0.39, 0.29) is 17.2 Å². The van der Waals surface area contributed by atoms with Crippen LogP contribution >= 0.6 is 12.6 Å². The zero-order chi connectivity index (χ0) is 10.0. The summed E-state index contributed by atoms with van der Waals surface area (Å²) >= 11 is 4.31. The molecular formula is C9H18N2OS. The number of hydrogen-bond donors (Lipinski definition) is 2. The van der Waals surface area contributed by atoms with E-state index < -0.39 is 0 Å². The monoisotopic (exact) mass is 202 g/mol. The van der Waals surface area contributed by atoms with Gasteiger partial charge in [-0.15, -0.1) is 0 Å². The van der Waals surface area contributed by atoms with Crippen LogP contribution in [0.5, 0.6) is 0 Å². The molecule has 13 heavy (non-hydrogen) atoms. The second kappa shape index (κ2) is 4.44. The number of Topliss-reactive ketones (excluding diaryl/α,β-unsaturated/α-hetero) is 1. The number of carbonyl (C=O) groups is 1. The van der Waals surface area contributed by atoms with Gasteiger partial charge < -0.3 is 5.32 Å². The first-order chi connectivity index (χ1) is 6.00. The van der Waals surface area contributed by atoms with Gasteiger partial charge in [-0.3, -0.25) is 9.69 Å². The van der Waals surface area contributed by atoms with E-state index in [2.05, 4.69) is 36.7 Å². The van der Waals surface area contributed by atoms with Gasteiger partial charge in [0.15, 0.2) is 5.78 Å². The van der Waals surface area contributed by atoms with Gasteiger partial charge in [0.2, 0.25) is 0 Å². The van der Waals surface area contributed by atoms with E-state index >= 15 is 0 Å². The van der Waals surface area contributed by atoms with Crippen LogP contribution in [0.1, 0.15) is 20.8 Å². The first-order valence-electron chi connectivity index (χ1n) is 4.71. The average Bonchev–Trinajstić information content (AvgIpc) is 2.31. The Hall–Kier alpha value is -0.0600. The lowest BCUT2D eigenvalue weighted by atomic mass is 10.2. The minimum Gasteiger partial charge on any atom is -0.304 e. The summed E-state index contributed by atoms with van der Waals surface area (Å²) < 4.78 is 0. The van der Waals surface area contributed by atoms with Crippen LogP contribution in [0.2, 0.25) is 0 Å². The molecule has 0 aromatic carbocycles. The molecule has 1 N–H and O–H groups in total. The maximum absolute atomic E-state index is 11.5. The molecule has 76 valence electrons. The minimum atomic E-state index is 0.00889. The van der Waals surface area contributed by atoms with Crippen LogP contribution in [-0.2, 0) is 4.79 Å². The lowest BCUT2D eigenvalue weighted by Crippen LogP contribution is -2.41. The summed E-state index contributed by atoms with van der Waals surface area (Å²) in [6.07, 6.45) is 0. The van der Waals surface area contributed by atoms with Crippen LogP contribution in [0.4, 0.5) is 0 Å². The fraction of sp³-hybridized carbons (Fsp3) is 0.889. The topological polar surface area (TPSA) is 32.3 Å². The summed E-state index contributed by atoms with van der Waals surface area (Å²) in [5, 5.41) is 3.42. The molecule has 1 aliphatic heterocycles. The summed E-state index contributed by atoms with van der Waals surface area (Å²) in [5.74, 6) is 0.287. The first-order valence-corrected chi connectivity index (χ1v) is 5.23. The first kappa shape index (κ1) is 11.0. The largest absolute Gasteiger partial charge is 0.304 e. The van der Waals surface area contributed by atoms with Crippen molar-refractivity contribution in [2.45, 2.75) is 38.2 Å². The third kappa shape index (κ3) is 2.97. The molecule has 1 fully saturated rings. The third-order valence-corrected chi connectivity index (χ3v) is 2.55. The smallest absolute Gasteiger partial charge is 0.165 e. The number of thiol groups is 1. The van der Waals surface area contributed by atoms with E-state index in [1.165, 1.54) is 0 Å². The van der Waals surface area contributed by atoms with Gasteiger partial charge in [0.1, 0.15) is 0 Å². The quantitative estimate of drug-likeness (QED) is 0.654. The lowest BCUT2D eigenvalue weighted by Gasteiger charge is -2.19. The highest BCUT2D eigenvalue weighted by molar-refractivity contribution is 7.80. The van der Waals surface area contributed by atoms with Gasteiger partial charge in [-0.2, -0.15) is 12.6 Å². The molecule has 4 heteroatoms. The highest BCUT2D eigenvalue weighted by Gasteiger charge is 2.32. The van der Waals surface area contributed by atoms with Crippen molar-refractivity contribution in [3.8, 4) is 0 Å². The van der Waals surface area contributed by atoms with Gasteiger partial charge in [0.05, 0.1) is 18.0 Å². The Kier molecular flexibility index (Phi) is 3.76. The van der Waals surface area contributed by atoms with Crippen LogP contribution in [0.3, 0.4) is 0 Å². The van der Waals surface area contributed by atoms with Gasteiger partial charge in [-0.1, -0.05) is 13.8 Å². The molecule has 0 amide bonds. The molecular weight excluding hydrogens is 184 g/mol. The Labute approximate surface area is 85.3 Å². The molecule has 0 spiro atoms. The van der Waals surface area contributed by atoms with E-state index in [0.717, 1.165) is 6.54 Å². The van der Waals surface area contributed by atoms with Gasteiger partial charge in [-0.25, -0.2) is 0 Å². The van der Waals surface area contributed by atoms with Crippen LogP contribution < -0.4 is 5.32 Å². The fourth-order valence-electron chi connectivity index (χ4n) is 1.54. The van der Waals surface area contributed by atoms with E-state index in [1.807, 2.05) is 6.92 Å². The van der Waals surface area contributed by atoms with Crippen molar-refractivity contribution in [1.29, 1.82) is 0 Å². The Morgan fingerprint density at radius 1 is 1.54 bits per heavy atom. The summed E-state index contributed by atoms with van der Waals surface area (Å²) in [6, 6.07) is 0.374. The summed E-state index contributed by atoms with van der Waals surface area (Å²) in [6.45, 7) is 7.44. The van der Waals surface area contributed by atoms with Gasteiger partial charge in [0, 0.05) is 12.6 Å². The lowest BCUT2D eigenvalue weighted by molar-refractivity contribution is -0.118. The minimum absolute atomic E-state index is 0.00889. The predicted molar refractivity (Wildman–Crippen MR) is 57.1 cm³/mol. The SMILES string of the molecule is CC(C)NC1CN(C(C)S)CC1=O. The highest BCUT2D eigenvalue weighted by atomic mass is 32.1. The molecule has 0 aromatic rings. The van der Waals surface area contributed by atoms with E-state index in [9.17, 15) is 4.79 Å². The number of carbonyl (C=O) groups excluding carboxylic acids is 1. The maximum Gasteiger partial charge on any atom is 0.165 e. The van der Waals surface area contributed by atoms with Crippen LogP contribution in [0.15, 0.2) is 0 Å². The molecule has 0 radical (unpaired) electrons. The van der Waals surface area contributed by atoms with Crippen molar-refractivity contribution in [3.63, 3.8) is 0 Å². The second-order valence-corrected chi connectivity index (χ2v) is 4.65. The molecule has 3 nitrogen and oxygen atoms in total. The highest BCUT2D eigenvalue weighted by Crippen LogP contribution is 2.12. The Morgan fingerprint density at radius 3 is 2.54 bits per heavy atom. The number of rotatable bonds is 3. The van der Waals surface area contributed by atoms with Crippen molar-refractivity contribution in [2.75, 3.05) is 13.1 Å². The standard InChI is InChI=1S/C9H18N2OS/c1-6(2)10-8-4-11(7(3)13)5-9(8)12/h6-8,10,13H,4-5H2,1-3H3. The summed E-state index contributed by atoms with van der Waals surface area (Å²) in [4.78, 5) is 13.6. The molecule has 1 saturated heterocycles. The molecule has 0 saturated carbocycles. The second-order valence-electron chi connectivity index (χ2n) is 3.90. The summed E-state index contributed by atoms with van der Waals surface area (Å²) in [5.41, 5.74) is 0. The van der Waals surface area contributed by atoms with Crippen LogP contribution in [0.25, 0.3) is 0 Å². The molecule has 0 bridgehead atoms. The van der Waals surface area contributed by atoms with Gasteiger partial charge in [0.25, 0.3) is 0 Å². The normalized spacial score (nSPS) is 27.2. The van der Waals surface area contributed by atoms with Crippen molar-refractivity contribution >= 4 is 18.4 Å². The molecule has 0 aromatic heterocycles. The predicted octanol–water partition coefficient (Wildman–Crippen LogP) is 0.513. The van der Waals surface area contributed by atoms with Crippen LogP contribution in [0, 0.1) is 0 Å². The number of likely N-dealkylation sites (tertiary alicyclic amines) is 1. The number of ketones is 1. The number of nitrogens with zero attached hydrogens (tertiary/aromatic N) is 1. The molecule has 1 heterocycles. The van der Waals surface area contributed by atoms with E-state index in [1.54, 1.807) is 0 Å².